The molecular formula is C16H21ClN4O2. The van der Waals surface area contributed by atoms with Gasteiger partial charge in [0.15, 0.2) is 0 Å². The second-order valence-corrected chi connectivity index (χ2v) is 5.80. The molecule has 0 spiro atoms. The number of aromatic amines is 1. The number of H-pyrrole nitrogens is 1. The van der Waals surface area contributed by atoms with Crippen molar-refractivity contribution in [1.82, 2.24) is 20.8 Å². The molecule has 7 heteroatoms. The van der Waals surface area contributed by atoms with Gasteiger partial charge in [0.25, 0.3) is 0 Å². The average Bonchev–Trinajstić information content (AvgIpc) is 2.90. The van der Waals surface area contributed by atoms with Crippen LogP contribution in [0, 0.1) is 6.92 Å². The molecule has 23 heavy (non-hydrogen) atoms. The Labute approximate surface area is 140 Å². The van der Waals surface area contributed by atoms with Gasteiger partial charge in [0.05, 0.1) is 12.8 Å². The molecule has 0 fully saturated rings. The highest BCUT2D eigenvalue weighted by atomic mass is 35.5. The Balaban J connectivity index is 1.85. The maximum atomic E-state index is 12.0. The Kier molecular flexibility index (Phi) is 5.87. The van der Waals surface area contributed by atoms with E-state index in [4.69, 9.17) is 16.3 Å². The van der Waals surface area contributed by atoms with Crippen LogP contribution < -0.4 is 15.4 Å². The van der Waals surface area contributed by atoms with Crippen LogP contribution in [-0.4, -0.2) is 29.4 Å². The van der Waals surface area contributed by atoms with Gasteiger partial charge in [-0.3, -0.25) is 5.10 Å². The molecule has 0 bridgehead atoms. The number of amides is 2. The molecule has 1 aromatic carbocycles. The van der Waals surface area contributed by atoms with E-state index in [0.29, 0.717) is 23.7 Å². The summed E-state index contributed by atoms with van der Waals surface area (Å²) in [6.07, 6.45) is 0.660. The largest absolute Gasteiger partial charge is 0.496 e. The average molecular weight is 337 g/mol. The second-order valence-electron chi connectivity index (χ2n) is 5.40. The minimum Gasteiger partial charge on any atom is -0.496 e. The fourth-order valence-electron chi connectivity index (χ4n) is 2.29. The number of aryl methyl sites for hydroxylation is 1. The summed E-state index contributed by atoms with van der Waals surface area (Å²) in [6.45, 7) is 4.17. The zero-order valence-corrected chi connectivity index (χ0v) is 14.2. The fraction of sp³-hybridized carbons (Fsp3) is 0.375. The van der Waals surface area contributed by atoms with E-state index in [1.54, 1.807) is 19.2 Å². The molecular weight excluding hydrogens is 316 g/mol. The summed E-state index contributed by atoms with van der Waals surface area (Å²) in [5.41, 5.74) is 2.67. The van der Waals surface area contributed by atoms with Crippen molar-refractivity contribution in [3.63, 3.8) is 0 Å². The number of carbonyl (C=O) groups is 1. The number of aromatic nitrogens is 2. The number of benzene rings is 1. The predicted octanol–water partition coefficient (Wildman–Crippen LogP) is 2.81. The maximum Gasteiger partial charge on any atom is 0.315 e. The molecule has 6 nitrogen and oxygen atoms in total. The van der Waals surface area contributed by atoms with Gasteiger partial charge in [0.2, 0.25) is 0 Å². The van der Waals surface area contributed by atoms with Crippen LogP contribution in [0.1, 0.15) is 23.9 Å². The van der Waals surface area contributed by atoms with Crippen LogP contribution in [0.15, 0.2) is 24.3 Å². The Morgan fingerprint density at radius 1 is 1.48 bits per heavy atom. The van der Waals surface area contributed by atoms with Crippen LogP contribution >= 0.6 is 11.6 Å². The van der Waals surface area contributed by atoms with Crippen molar-refractivity contribution in [1.29, 1.82) is 0 Å². The lowest BCUT2D eigenvalue weighted by molar-refractivity contribution is 0.237. The first kappa shape index (κ1) is 17.1. The molecule has 0 radical (unpaired) electrons. The van der Waals surface area contributed by atoms with Gasteiger partial charge < -0.3 is 15.4 Å². The van der Waals surface area contributed by atoms with Crippen molar-refractivity contribution in [3.05, 3.63) is 46.2 Å². The third-order valence-corrected chi connectivity index (χ3v) is 3.73. The van der Waals surface area contributed by atoms with Crippen molar-refractivity contribution >= 4 is 17.6 Å². The number of ether oxygens (including phenoxy) is 1. The molecule has 2 rings (SSSR count). The summed E-state index contributed by atoms with van der Waals surface area (Å²) in [4.78, 5) is 12.0. The van der Waals surface area contributed by atoms with Gasteiger partial charge in [-0.1, -0.05) is 17.7 Å². The van der Waals surface area contributed by atoms with Crippen LogP contribution in [0.2, 0.25) is 5.02 Å². The van der Waals surface area contributed by atoms with Gasteiger partial charge in [0, 0.05) is 35.3 Å². The van der Waals surface area contributed by atoms with Crippen molar-refractivity contribution in [2.45, 2.75) is 32.9 Å². The zero-order valence-electron chi connectivity index (χ0n) is 13.4. The van der Waals surface area contributed by atoms with E-state index in [2.05, 4.69) is 20.8 Å². The van der Waals surface area contributed by atoms with E-state index in [1.165, 1.54) is 0 Å². The minimum absolute atomic E-state index is 0.0363. The normalized spacial score (nSPS) is 11.8. The number of urea groups is 1. The Morgan fingerprint density at radius 2 is 2.26 bits per heavy atom. The SMILES string of the molecule is COc1cccc(Cl)c1CNC(=O)N[C@H](C)Cc1cc(C)[nH]n1. The summed E-state index contributed by atoms with van der Waals surface area (Å²) in [7, 11) is 1.57. The highest BCUT2D eigenvalue weighted by molar-refractivity contribution is 6.31. The van der Waals surface area contributed by atoms with E-state index in [1.807, 2.05) is 26.0 Å². The molecule has 0 unspecified atom stereocenters. The molecule has 1 atom stereocenters. The van der Waals surface area contributed by atoms with E-state index >= 15 is 0 Å². The number of nitrogens with zero attached hydrogens (tertiary/aromatic N) is 1. The molecule has 2 amide bonds. The van der Waals surface area contributed by atoms with Crippen molar-refractivity contribution < 1.29 is 9.53 Å². The number of hydrogen-bond donors (Lipinski definition) is 3. The quantitative estimate of drug-likeness (QED) is 0.759. The number of carbonyl (C=O) groups excluding carboxylic acids is 1. The van der Waals surface area contributed by atoms with Gasteiger partial charge in [-0.2, -0.15) is 5.10 Å². The van der Waals surface area contributed by atoms with E-state index in [0.717, 1.165) is 17.0 Å². The van der Waals surface area contributed by atoms with Crippen molar-refractivity contribution in [2.75, 3.05) is 7.11 Å². The lowest BCUT2D eigenvalue weighted by Gasteiger charge is -2.15. The molecule has 0 aliphatic heterocycles. The van der Waals surface area contributed by atoms with E-state index in [9.17, 15) is 4.79 Å². The predicted molar refractivity (Wildman–Crippen MR) is 89.9 cm³/mol. The van der Waals surface area contributed by atoms with Crippen molar-refractivity contribution in [3.8, 4) is 5.75 Å². The summed E-state index contributed by atoms with van der Waals surface area (Å²) >= 11 is 6.14. The zero-order chi connectivity index (χ0) is 16.8. The highest BCUT2D eigenvalue weighted by Gasteiger charge is 2.12. The van der Waals surface area contributed by atoms with Gasteiger partial charge in [-0.25, -0.2) is 4.79 Å². The monoisotopic (exact) mass is 336 g/mol. The highest BCUT2D eigenvalue weighted by Crippen LogP contribution is 2.25. The smallest absolute Gasteiger partial charge is 0.315 e. The summed E-state index contributed by atoms with van der Waals surface area (Å²) in [5.74, 6) is 0.651. The second kappa shape index (κ2) is 7.87. The van der Waals surface area contributed by atoms with Crippen LogP contribution in [0.3, 0.4) is 0 Å². The summed E-state index contributed by atoms with van der Waals surface area (Å²) in [5, 5.41) is 13.3. The molecule has 0 saturated heterocycles. The first-order chi connectivity index (χ1) is 11.0. The molecule has 124 valence electrons. The van der Waals surface area contributed by atoms with Crippen LogP contribution in [0.4, 0.5) is 4.79 Å². The van der Waals surface area contributed by atoms with E-state index < -0.39 is 0 Å². The molecule has 0 saturated carbocycles. The Morgan fingerprint density at radius 3 is 2.91 bits per heavy atom. The molecule has 1 aromatic heterocycles. The summed E-state index contributed by atoms with van der Waals surface area (Å²) in [6, 6.07) is 7.05. The number of halogens is 1. The molecule has 2 aromatic rings. The van der Waals surface area contributed by atoms with Crippen LogP contribution in [-0.2, 0) is 13.0 Å². The maximum absolute atomic E-state index is 12.0. The molecule has 3 N–H and O–H groups in total. The topological polar surface area (TPSA) is 79.0 Å². The fourth-order valence-corrected chi connectivity index (χ4v) is 2.52. The first-order valence-corrected chi connectivity index (χ1v) is 7.74. The standard InChI is InChI=1S/C16H21ClN4O2/c1-10(7-12-8-11(2)20-21-12)19-16(22)18-9-13-14(17)5-4-6-15(13)23-3/h4-6,8,10H,7,9H2,1-3H3,(H,20,21)(H2,18,19,22)/t10-/m1/s1. The number of nitrogens with one attached hydrogen (secondary N) is 3. The molecule has 0 aliphatic rings. The third kappa shape index (κ3) is 4.89. The number of hydrogen-bond acceptors (Lipinski definition) is 3. The van der Waals surface area contributed by atoms with Crippen LogP contribution in [0.5, 0.6) is 5.75 Å². The molecule has 0 aliphatic carbocycles. The van der Waals surface area contributed by atoms with Gasteiger partial charge in [-0.15, -0.1) is 0 Å². The Hall–Kier alpha value is -2.21. The Bertz CT molecular complexity index is 672. The lowest BCUT2D eigenvalue weighted by atomic mass is 10.2. The number of rotatable bonds is 6. The van der Waals surface area contributed by atoms with Crippen molar-refractivity contribution in [2.24, 2.45) is 0 Å². The van der Waals surface area contributed by atoms with Gasteiger partial charge >= 0.3 is 6.03 Å². The van der Waals surface area contributed by atoms with Gasteiger partial charge in [0.1, 0.15) is 5.75 Å². The van der Waals surface area contributed by atoms with Crippen LogP contribution in [0.25, 0.3) is 0 Å². The lowest BCUT2D eigenvalue weighted by Crippen LogP contribution is -2.41. The number of methoxy groups -OCH3 is 1. The summed E-state index contributed by atoms with van der Waals surface area (Å²) < 4.78 is 5.25. The van der Waals surface area contributed by atoms with E-state index in [-0.39, 0.29) is 12.1 Å². The van der Waals surface area contributed by atoms with Gasteiger partial charge in [-0.05, 0) is 32.0 Å². The first-order valence-electron chi connectivity index (χ1n) is 7.36. The third-order valence-electron chi connectivity index (χ3n) is 3.37. The minimum atomic E-state index is -0.258. The molecule has 1 heterocycles.